The summed E-state index contributed by atoms with van der Waals surface area (Å²) in [6.45, 7) is 3.24. The van der Waals surface area contributed by atoms with Gasteiger partial charge in [0.15, 0.2) is 0 Å². The van der Waals surface area contributed by atoms with Crippen LogP contribution in [0.1, 0.15) is 17.5 Å². The first-order chi connectivity index (χ1) is 10.2. The van der Waals surface area contributed by atoms with Crippen molar-refractivity contribution in [2.24, 2.45) is 5.73 Å². The number of hydrogen-bond donors (Lipinski definition) is 1. The molecule has 0 atom stereocenters. The maximum atomic E-state index is 13.2. The van der Waals surface area contributed by atoms with Crippen molar-refractivity contribution in [3.8, 4) is 0 Å². The Morgan fingerprint density at radius 2 is 1.81 bits per heavy atom. The van der Waals surface area contributed by atoms with Gasteiger partial charge in [0, 0.05) is 24.1 Å². The number of halogens is 2. The van der Waals surface area contributed by atoms with E-state index in [-0.39, 0.29) is 5.82 Å². The third-order valence-electron chi connectivity index (χ3n) is 3.34. The van der Waals surface area contributed by atoms with Gasteiger partial charge in [-0.3, -0.25) is 4.90 Å². The lowest BCUT2D eigenvalue weighted by Crippen LogP contribution is -2.25. The van der Waals surface area contributed by atoms with E-state index in [2.05, 4.69) is 33.0 Å². The zero-order chi connectivity index (χ0) is 15.1. The molecule has 2 N–H and O–H groups in total. The minimum atomic E-state index is -0.220. The fraction of sp³-hybridized carbons (Fsp3) is 0.294. The monoisotopic (exact) mass is 350 g/mol. The topological polar surface area (TPSA) is 29.3 Å². The highest BCUT2D eigenvalue weighted by Crippen LogP contribution is 2.20. The average Bonchev–Trinajstić information content (AvgIpc) is 2.48. The van der Waals surface area contributed by atoms with Gasteiger partial charge in [-0.1, -0.05) is 52.3 Å². The first-order valence-electron chi connectivity index (χ1n) is 7.09. The average molecular weight is 351 g/mol. The van der Waals surface area contributed by atoms with Crippen molar-refractivity contribution in [1.82, 2.24) is 4.90 Å². The molecule has 0 radical (unpaired) electrons. The molecular weight excluding hydrogens is 331 g/mol. The minimum Gasteiger partial charge on any atom is -0.330 e. The Hall–Kier alpha value is -1.23. The highest BCUT2D eigenvalue weighted by atomic mass is 79.9. The van der Waals surface area contributed by atoms with E-state index in [0.717, 1.165) is 36.1 Å². The summed E-state index contributed by atoms with van der Waals surface area (Å²) in [6, 6.07) is 15.2. The van der Waals surface area contributed by atoms with Crippen molar-refractivity contribution in [1.29, 1.82) is 0 Å². The normalized spacial score (nSPS) is 11.0. The molecule has 0 heterocycles. The molecule has 112 valence electrons. The summed E-state index contributed by atoms with van der Waals surface area (Å²) in [5.41, 5.74) is 7.99. The lowest BCUT2D eigenvalue weighted by atomic mass is 10.1. The molecule has 0 saturated carbocycles. The van der Waals surface area contributed by atoms with Gasteiger partial charge >= 0.3 is 0 Å². The molecule has 0 unspecified atom stereocenters. The van der Waals surface area contributed by atoms with Crippen LogP contribution in [0.15, 0.2) is 53.0 Å². The summed E-state index contributed by atoms with van der Waals surface area (Å²) >= 11 is 3.44. The van der Waals surface area contributed by atoms with Crippen LogP contribution < -0.4 is 5.73 Å². The molecule has 4 heteroatoms. The van der Waals surface area contributed by atoms with Crippen LogP contribution in [0.3, 0.4) is 0 Å². The van der Waals surface area contributed by atoms with Crippen molar-refractivity contribution in [3.05, 3.63) is 69.9 Å². The Kier molecular flexibility index (Phi) is 6.36. The lowest BCUT2D eigenvalue weighted by molar-refractivity contribution is 0.254. The van der Waals surface area contributed by atoms with E-state index in [1.54, 1.807) is 0 Å². The number of rotatable bonds is 7. The summed E-state index contributed by atoms with van der Waals surface area (Å²) in [4.78, 5) is 2.33. The largest absolute Gasteiger partial charge is 0.330 e. The molecule has 2 aromatic rings. The molecule has 2 rings (SSSR count). The van der Waals surface area contributed by atoms with Gasteiger partial charge in [0.1, 0.15) is 5.82 Å². The van der Waals surface area contributed by atoms with Crippen LogP contribution in [0, 0.1) is 5.82 Å². The van der Waals surface area contributed by atoms with Crippen LogP contribution in [-0.2, 0) is 13.1 Å². The summed E-state index contributed by atoms with van der Waals surface area (Å²) in [5.74, 6) is -0.220. The van der Waals surface area contributed by atoms with Crippen molar-refractivity contribution >= 4 is 15.9 Å². The summed E-state index contributed by atoms with van der Waals surface area (Å²) in [7, 11) is 0. The maximum absolute atomic E-state index is 13.2. The van der Waals surface area contributed by atoms with Crippen molar-refractivity contribution in [2.75, 3.05) is 13.1 Å². The number of hydrogen-bond acceptors (Lipinski definition) is 2. The fourth-order valence-electron chi connectivity index (χ4n) is 2.26. The van der Waals surface area contributed by atoms with Crippen molar-refractivity contribution < 1.29 is 4.39 Å². The fourth-order valence-corrected chi connectivity index (χ4v) is 2.74. The molecule has 0 bridgehead atoms. The molecule has 0 spiro atoms. The SMILES string of the molecule is NCCCN(Cc1ccccc1)Cc1ccc(F)cc1Br. The molecule has 0 aliphatic rings. The van der Waals surface area contributed by atoms with E-state index >= 15 is 0 Å². The van der Waals surface area contributed by atoms with Gasteiger partial charge in [-0.15, -0.1) is 0 Å². The van der Waals surface area contributed by atoms with Gasteiger partial charge in [0.25, 0.3) is 0 Å². The quantitative estimate of drug-likeness (QED) is 0.819. The van der Waals surface area contributed by atoms with E-state index in [1.807, 2.05) is 24.3 Å². The second-order valence-electron chi connectivity index (χ2n) is 5.07. The van der Waals surface area contributed by atoms with Gasteiger partial charge in [-0.2, -0.15) is 0 Å². The van der Waals surface area contributed by atoms with E-state index in [4.69, 9.17) is 5.73 Å². The van der Waals surface area contributed by atoms with Crippen LogP contribution in [0.25, 0.3) is 0 Å². The molecule has 0 aliphatic heterocycles. The minimum absolute atomic E-state index is 0.220. The van der Waals surface area contributed by atoms with Crippen molar-refractivity contribution in [2.45, 2.75) is 19.5 Å². The van der Waals surface area contributed by atoms with Crippen molar-refractivity contribution in [3.63, 3.8) is 0 Å². The van der Waals surface area contributed by atoms with E-state index in [0.29, 0.717) is 6.54 Å². The molecule has 0 fully saturated rings. The van der Waals surface area contributed by atoms with Crippen LogP contribution in [0.5, 0.6) is 0 Å². The van der Waals surface area contributed by atoms with Gasteiger partial charge in [-0.25, -0.2) is 4.39 Å². The van der Waals surface area contributed by atoms with Gasteiger partial charge in [-0.05, 0) is 36.2 Å². The zero-order valence-corrected chi connectivity index (χ0v) is 13.5. The third-order valence-corrected chi connectivity index (χ3v) is 4.07. The Labute approximate surface area is 133 Å². The third kappa shape index (κ3) is 5.23. The highest BCUT2D eigenvalue weighted by Gasteiger charge is 2.09. The molecule has 0 saturated heterocycles. The standard InChI is InChI=1S/C17H20BrFN2/c18-17-11-16(19)8-7-15(17)13-21(10-4-9-20)12-14-5-2-1-3-6-14/h1-3,5-8,11H,4,9-10,12-13,20H2. The molecule has 0 aromatic heterocycles. The smallest absolute Gasteiger partial charge is 0.124 e. The molecular formula is C17H20BrFN2. The molecule has 0 aliphatic carbocycles. The first-order valence-corrected chi connectivity index (χ1v) is 7.88. The van der Waals surface area contributed by atoms with Crippen LogP contribution >= 0.6 is 15.9 Å². The Bertz CT molecular complexity index is 560. The maximum Gasteiger partial charge on any atom is 0.124 e. The highest BCUT2D eigenvalue weighted by molar-refractivity contribution is 9.10. The van der Waals surface area contributed by atoms with E-state index in [9.17, 15) is 4.39 Å². The van der Waals surface area contributed by atoms with E-state index in [1.165, 1.54) is 17.7 Å². The zero-order valence-electron chi connectivity index (χ0n) is 11.9. The molecule has 0 amide bonds. The summed E-state index contributed by atoms with van der Waals surface area (Å²) in [6.07, 6.45) is 0.950. The predicted molar refractivity (Wildman–Crippen MR) is 88.3 cm³/mol. The molecule has 2 nitrogen and oxygen atoms in total. The van der Waals surface area contributed by atoms with Crippen LogP contribution in [0.2, 0.25) is 0 Å². The number of nitrogens with two attached hydrogens (primary N) is 1. The Morgan fingerprint density at radius 1 is 1.05 bits per heavy atom. The predicted octanol–water partition coefficient (Wildman–Crippen LogP) is 3.94. The first kappa shape index (κ1) is 16.1. The van der Waals surface area contributed by atoms with Gasteiger partial charge in [0.05, 0.1) is 0 Å². The summed E-state index contributed by atoms with van der Waals surface area (Å²) in [5, 5.41) is 0. The molecule has 2 aromatic carbocycles. The molecule has 21 heavy (non-hydrogen) atoms. The second kappa shape index (κ2) is 8.27. The second-order valence-corrected chi connectivity index (χ2v) is 5.93. The Morgan fingerprint density at radius 3 is 2.48 bits per heavy atom. The van der Waals surface area contributed by atoms with Gasteiger partial charge < -0.3 is 5.73 Å². The lowest BCUT2D eigenvalue weighted by Gasteiger charge is -2.23. The van der Waals surface area contributed by atoms with Crippen LogP contribution in [0.4, 0.5) is 4.39 Å². The van der Waals surface area contributed by atoms with Crippen LogP contribution in [-0.4, -0.2) is 18.0 Å². The Balaban J connectivity index is 2.08. The summed E-state index contributed by atoms with van der Waals surface area (Å²) < 4.78 is 14.0. The number of nitrogens with zero attached hydrogens (tertiary/aromatic N) is 1. The number of benzene rings is 2. The van der Waals surface area contributed by atoms with E-state index < -0.39 is 0 Å². The van der Waals surface area contributed by atoms with Gasteiger partial charge in [0.2, 0.25) is 0 Å².